The Bertz CT molecular complexity index is 1030. The average Bonchev–Trinajstić information content (AvgIpc) is 3.18. The van der Waals surface area contributed by atoms with E-state index in [1.807, 2.05) is 27.7 Å². The monoisotopic (exact) mass is 605 g/mol. The molecule has 0 aromatic carbocycles. The van der Waals surface area contributed by atoms with Crippen LogP contribution in [0, 0.1) is 0 Å². The number of carbonyl (C=O) groups excluding carboxylic acids is 3. The van der Waals surface area contributed by atoms with Gasteiger partial charge in [-0.25, -0.2) is 4.98 Å². The smallest absolute Gasteiger partial charge is 0.402 e. The van der Waals surface area contributed by atoms with Crippen LogP contribution >= 0.6 is 13.5 Å². The highest BCUT2D eigenvalue weighted by molar-refractivity contribution is 7.59. The Kier molecular flexibility index (Phi) is 16.6. The summed E-state index contributed by atoms with van der Waals surface area (Å²) in [5, 5.41) is 5.14. The lowest BCUT2D eigenvalue weighted by Crippen LogP contribution is -2.42. The molecule has 0 unspecified atom stereocenters. The van der Waals surface area contributed by atoms with Gasteiger partial charge in [0.05, 0.1) is 43.6 Å². The number of rotatable bonds is 7. The Labute approximate surface area is 257 Å². The van der Waals surface area contributed by atoms with Crippen LogP contribution in [0.4, 0.5) is 0 Å². The summed E-state index contributed by atoms with van der Waals surface area (Å²) >= 11 is 0. The van der Waals surface area contributed by atoms with Gasteiger partial charge in [0, 0.05) is 32.4 Å². The molecule has 0 bridgehead atoms. The minimum absolute atomic E-state index is 0. The molecule has 4 rings (SSSR count). The number of nitrogens with zero attached hydrogens (tertiary/aromatic N) is 3. The van der Waals surface area contributed by atoms with Gasteiger partial charge in [-0.05, 0) is 47.0 Å². The zero-order valence-corrected chi connectivity index (χ0v) is 26.9. The van der Waals surface area contributed by atoms with Crippen molar-refractivity contribution in [3.63, 3.8) is 0 Å². The highest BCUT2D eigenvalue weighted by Gasteiger charge is 2.50. The number of aromatic nitrogens is 2. The lowest BCUT2D eigenvalue weighted by atomic mass is 9.90. The second kappa shape index (κ2) is 18.7. The van der Waals surface area contributed by atoms with Crippen molar-refractivity contribution < 1.29 is 28.4 Å². The van der Waals surface area contributed by atoms with Crippen LogP contribution in [-0.2, 0) is 23.6 Å². The van der Waals surface area contributed by atoms with Crippen LogP contribution in [0.3, 0.4) is 0 Å². The maximum atomic E-state index is 11.8. The van der Waals surface area contributed by atoms with E-state index in [0.29, 0.717) is 13.2 Å². The molecule has 3 amide bonds. The molecular formula is C29H48BN5O6S. The van der Waals surface area contributed by atoms with Gasteiger partial charge in [-0.2, -0.15) is 13.5 Å². The van der Waals surface area contributed by atoms with Gasteiger partial charge in [-0.1, -0.05) is 37.1 Å². The van der Waals surface area contributed by atoms with E-state index in [2.05, 4.69) is 45.8 Å². The number of carbonyl (C=O) groups is 3. The normalized spacial score (nSPS) is 18.2. The fourth-order valence-electron chi connectivity index (χ4n) is 4.00. The number of hydrogen-bond acceptors (Lipinski definition) is 8. The molecule has 2 aliphatic heterocycles. The van der Waals surface area contributed by atoms with E-state index in [9.17, 15) is 14.4 Å². The van der Waals surface area contributed by atoms with Crippen LogP contribution in [0.25, 0.3) is 0 Å². The maximum Gasteiger partial charge on any atom is 0.478 e. The fraction of sp³-hybridized carbons (Fsp3) is 0.621. The molecule has 0 radical (unpaired) electrons. The molecule has 3 aliphatic rings. The SMILES string of the molecule is CC(=O)N1CCOCC1.CC1(C)OB(CNC(=O)CNC(=O)c2cnccn2)OC1(C)C.CCCC1=CCCC=C1.S. The third kappa shape index (κ3) is 13.1. The first-order valence-electron chi connectivity index (χ1n) is 14.3. The summed E-state index contributed by atoms with van der Waals surface area (Å²) in [6, 6.07) is 0. The molecule has 1 aromatic heterocycles. The van der Waals surface area contributed by atoms with E-state index in [0.717, 1.165) is 13.1 Å². The minimum atomic E-state index is -0.514. The van der Waals surface area contributed by atoms with Crippen molar-refractivity contribution in [1.82, 2.24) is 25.5 Å². The maximum absolute atomic E-state index is 11.8. The first-order valence-corrected chi connectivity index (χ1v) is 14.3. The number of morpholine rings is 1. The van der Waals surface area contributed by atoms with Gasteiger partial charge < -0.3 is 29.6 Å². The van der Waals surface area contributed by atoms with Crippen molar-refractivity contribution in [3.05, 3.63) is 48.1 Å². The van der Waals surface area contributed by atoms with E-state index in [-0.39, 0.29) is 44.0 Å². The molecular weight excluding hydrogens is 557 g/mol. The van der Waals surface area contributed by atoms with Crippen molar-refractivity contribution in [2.24, 2.45) is 0 Å². The molecule has 1 aromatic rings. The quantitative estimate of drug-likeness (QED) is 0.454. The molecule has 2 saturated heterocycles. The topological polar surface area (TPSA) is 132 Å². The Morgan fingerprint density at radius 2 is 1.69 bits per heavy atom. The highest BCUT2D eigenvalue weighted by atomic mass is 32.1. The fourth-order valence-corrected chi connectivity index (χ4v) is 4.00. The van der Waals surface area contributed by atoms with Crippen LogP contribution in [-0.4, -0.2) is 90.2 Å². The Morgan fingerprint density at radius 1 is 1.02 bits per heavy atom. The molecule has 234 valence electrons. The largest absolute Gasteiger partial charge is 0.478 e. The molecule has 13 heteroatoms. The van der Waals surface area contributed by atoms with Gasteiger partial charge in [0.15, 0.2) is 0 Å². The summed E-state index contributed by atoms with van der Waals surface area (Å²) in [6.45, 7) is 14.3. The van der Waals surface area contributed by atoms with Gasteiger partial charge in [0.2, 0.25) is 11.8 Å². The standard InChI is InChI=1S/C14H21BN4O4.C9H14.C6H11NO2.H2S/c1-13(2)14(3,4)23-15(22-13)9-19-11(20)8-18-12(21)10-7-16-5-6-17-10;1-2-6-9-7-4-3-5-8-9;1-6(8)7-2-4-9-5-3-7;/h5-7H,8-9H2,1-4H3,(H,18,21)(H,19,20);4,7-8H,2-3,5-6H2,1H3;2-5H2,1H3;1H2. The predicted octanol–water partition coefficient (Wildman–Crippen LogP) is 2.99. The number of amides is 3. The number of nitrogens with one attached hydrogen (secondary N) is 2. The third-order valence-electron chi connectivity index (χ3n) is 7.04. The van der Waals surface area contributed by atoms with Crippen LogP contribution in [0.1, 0.15) is 77.7 Å². The summed E-state index contributed by atoms with van der Waals surface area (Å²) in [5.74, 6) is -0.640. The van der Waals surface area contributed by atoms with Crippen LogP contribution in [0.5, 0.6) is 0 Å². The van der Waals surface area contributed by atoms with Gasteiger partial charge in [-0.15, -0.1) is 0 Å². The van der Waals surface area contributed by atoms with Crippen molar-refractivity contribution in [2.75, 3.05) is 39.3 Å². The minimum Gasteiger partial charge on any atom is -0.402 e. The third-order valence-corrected chi connectivity index (χ3v) is 7.04. The van der Waals surface area contributed by atoms with E-state index in [4.69, 9.17) is 14.0 Å². The van der Waals surface area contributed by atoms with E-state index in [1.165, 1.54) is 49.8 Å². The summed E-state index contributed by atoms with van der Waals surface area (Å²) in [4.78, 5) is 43.6. The molecule has 11 nitrogen and oxygen atoms in total. The first-order chi connectivity index (χ1) is 19.4. The zero-order valence-electron chi connectivity index (χ0n) is 25.9. The van der Waals surface area contributed by atoms with Crippen molar-refractivity contribution in [3.8, 4) is 0 Å². The second-order valence-corrected chi connectivity index (χ2v) is 10.9. The average molecular weight is 606 g/mol. The Morgan fingerprint density at radius 3 is 2.19 bits per heavy atom. The Balaban J connectivity index is 0.000000380. The molecule has 0 atom stereocenters. The van der Waals surface area contributed by atoms with Crippen LogP contribution in [0.15, 0.2) is 42.4 Å². The van der Waals surface area contributed by atoms with Crippen molar-refractivity contribution in [2.45, 2.75) is 78.4 Å². The number of hydrogen-bond donors (Lipinski definition) is 2. The second-order valence-electron chi connectivity index (χ2n) is 10.9. The lowest BCUT2D eigenvalue weighted by molar-refractivity contribution is -0.132. The van der Waals surface area contributed by atoms with Crippen molar-refractivity contribution >= 4 is 38.3 Å². The summed E-state index contributed by atoms with van der Waals surface area (Å²) in [5.41, 5.74) is 0.806. The molecule has 0 saturated carbocycles. The van der Waals surface area contributed by atoms with Crippen molar-refractivity contribution in [1.29, 1.82) is 0 Å². The van der Waals surface area contributed by atoms with E-state index >= 15 is 0 Å². The first kappa shape index (κ1) is 37.3. The summed E-state index contributed by atoms with van der Waals surface area (Å²) in [6.07, 6.45) is 16.3. The highest BCUT2D eigenvalue weighted by Crippen LogP contribution is 2.36. The van der Waals surface area contributed by atoms with Gasteiger partial charge in [0.1, 0.15) is 5.69 Å². The summed E-state index contributed by atoms with van der Waals surface area (Å²) < 4.78 is 16.6. The number of allylic oxidation sites excluding steroid dienone is 4. The van der Waals surface area contributed by atoms with Crippen LogP contribution in [0.2, 0.25) is 0 Å². The molecule has 2 fully saturated rings. The van der Waals surface area contributed by atoms with E-state index < -0.39 is 24.2 Å². The molecule has 42 heavy (non-hydrogen) atoms. The summed E-state index contributed by atoms with van der Waals surface area (Å²) in [7, 11) is -0.514. The molecule has 0 spiro atoms. The lowest BCUT2D eigenvalue weighted by Gasteiger charge is -2.32. The molecule has 2 N–H and O–H groups in total. The number of ether oxygens (including phenoxy) is 1. The van der Waals surface area contributed by atoms with Crippen LogP contribution < -0.4 is 10.6 Å². The van der Waals surface area contributed by atoms with Gasteiger partial charge in [0.25, 0.3) is 5.91 Å². The van der Waals surface area contributed by atoms with Gasteiger partial charge in [-0.3, -0.25) is 19.4 Å². The molecule has 3 heterocycles. The van der Waals surface area contributed by atoms with E-state index in [1.54, 1.807) is 11.8 Å². The predicted molar refractivity (Wildman–Crippen MR) is 168 cm³/mol. The van der Waals surface area contributed by atoms with Gasteiger partial charge >= 0.3 is 7.12 Å². The molecule has 1 aliphatic carbocycles. The zero-order chi connectivity index (χ0) is 30.3. The Hall–Kier alpha value is -2.74.